The molecule has 2 nitrogen and oxygen atoms in total. The van der Waals surface area contributed by atoms with Gasteiger partial charge in [0.25, 0.3) is 0 Å². The van der Waals surface area contributed by atoms with E-state index < -0.39 is 0 Å². The van der Waals surface area contributed by atoms with Crippen molar-refractivity contribution < 1.29 is 0 Å². The monoisotopic (exact) mass is 262 g/mol. The molecule has 1 rings (SSSR count). The Balaban J connectivity index is 2.99. The number of hydrogen-bond donors (Lipinski definition) is 1. The van der Waals surface area contributed by atoms with E-state index in [1.165, 1.54) is 11.1 Å². The van der Waals surface area contributed by atoms with E-state index >= 15 is 0 Å². The van der Waals surface area contributed by atoms with Crippen LogP contribution < -0.4 is 5.73 Å². The second kappa shape index (κ2) is 6.53. The van der Waals surface area contributed by atoms with Gasteiger partial charge in [-0.15, -0.1) is 0 Å². The fourth-order valence-electron chi connectivity index (χ4n) is 2.87. The molecule has 0 saturated carbocycles. The zero-order valence-electron chi connectivity index (χ0n) is 13.4. The summed E-state index contributed by atoms with van der Waals surface area (Å²) in [5.74, 6) is 0.705. The molecule has 0 radical (unpaired) electrons. The van der Waals surface area contributed by atoms with Crippen molar-refractivity contribution in [2.75, 3.05) is 20.6 Å². The average Bonchev–Trinajstić information content (AvgIpc) is 2.30. The number of hydrogen-bond acceptors (Lipinski definition) is 2. The Morgan fingerprint density at radius 3 is 2.00 bits per heavy atom. The van der Waals surface area contributed by atoms with E-state index in [0.29, 0.717) is 18.5 Å². The summed E-state index contributed by atoms with van der Waals surface area (Å²) < 4.78 is 0. The predicted molar refractivity (Wildman–Crippen MR) is 84.2 cm³/mol. The maximum absolute atomic E-state index is 5.95. The van der Waals surface area contributed by atoms with Gasteiger partial charge in [-0.25, -0.2) is 0 Å². The Morgan fingerprint density at radius 2 is 1.63 bits per heavy atom. The maximum Gasteiger partial charge on any atom is 0.0405 e. The lowest BCUT2D eigenvalue weighted by molar-refractivity contribution is 0.143. The lowest BCUT2D eigenvalue weighted by Gasteiger charge is -2.38. The molecule has 0 fully saturated rings. The minimum Gasteiger partial charge on any atom is -0.330 e. The molecule has 0 amide bonds. The standard InChI is InChI=1S/C17H30N2/c1-13(2)11-14-7-9-15(10-8-14)16(19(5)6)17(3,4)12-18/h7-10,13,16H,11-12,18H2,1-6H3. The molecule has 1 atom stereocenters. The molecule has 2 heteroatoms. The molecule has 0 spiro atoms. The lowest BCUT2D eigenvalue weighted by Crippen LogP contribution is -2.38. The number of nitrogens with zero attached hydrogens (tertiary/aromatic N) is 1. The van der Waals surface area contributed by atoms with E-state index in [1.54, 1.807) is 0 Å². The van der Waals surface area contributed by atoms with Gasteiger partial charge in [0.05, 0.1) is 0 Å². The SMILES string of the molecule is CC(C)Cc1ccc(C(N(C)C)C(C)(C)CN)cc1. The molecule has 0 bridgehead atoms. The average molecular weight is 262 g/mol. The highest BCUT2D eigenvalue weighted by Gasteiger charge is 2.31. The summed E-state index contributed by atoms with van der Waals surface area (Å²) in [5, 5.41) is 0. The van der Waals surface area contributed by atoms with Crippen LogP contribution in [-0.4, -0.2) is 25.5 Å². The van der Waals surface area contributed by atoms with Crippen molar-refractivity contribution in [3.63, 3.8) is 0 Å². The summed E-state index contributed by atoms with van der Waals surface area (Å²) in [6.07, 6.45) is 1.15. The molecule has 0 aromatic heterocycles. The fourth-order valence-corrected chi connectivity index (χ4v) is 2.87. The van der Waals surface area contributed by atoms with E-state index in [0.717, 1.165) is 6.42 Å². The molecule has 0 saturated heterocycles. The Morgan fingerprint density at radius 1 is 1.11 bits per heavy atom. The normalized spacial score (nSPS) is 14.2. The molecule has 108 valence electrons. The molecule has 2 N–H and O–H groups in total. The van der Waals surface area contributed by atoms with E-state index in [-0.39, 0.29) is 5.41 Å². The van der Waals surface area contributed by atoms with Crippen LogP contribution in [0.5, 0.6) is 0 Å². The Labute approximate surface area is 119 Å². The fraction of sp³-hybridized carbons (Fsp3) is 0.647. The van der Waals surface area contributed by atoms with Gasteiger partial charge in [-0.1, -0.05) is 52.0 Å². The Bertz CT molecular complexity index is 377. The molecule has 0 aliphatic carbocycles. The van der Waals surface area contributed by atoms with Crippen LogP contribution in [0.3, 0.4) is 0 Å². The summed E-state index contributed by atoms with van der Waals surface area (Å²) in [6.45, 7) is 9.67. The molecule has 19 heavy (non-hydrogen) atoms. The predicted octanol–water partition coefficient (Wildman–Crippen LogP) is 3.47. The minimum absolute atomic E-state index is 0.0725. The molecule has 1 unspecified atom stereocenters. The van der Waals surface area contributed by atoms with Crippen molar-refractivity contribution >= 4 is 0 Å². The van der Waals surface area contributed by atoms with Gasteiger partial charge in [-0.2, -0.15) is 0 Å². The van der Waals surface area contributed by atoms with E-state index in [1.807, 2.05) is 0 Å². The van der Waals surface area contributed by atoms with Crippen molar-refractivity contribution in [3.8, 4) is 0 Å². The summed E-state index contributed by atoms with van der Waals surface area (Å²) in [4.78, 5) is 2.27. The van der Waals surface area contributed by atoms with Crippen molar-refractivity contribution in [2.24, 2.45) is 17.1 Å². The van der Waals surface area contributed by atoms with Gasteiger partial charge in [0.1, 0.15) is 0 Å². The van der Waals surface area contributed by atoms with Crippen molar-refractivity contribution in [2.45, 2.75) is 40.2 Å². The van der Waals surface area contributed by atoms with Crippen LogP contribution in [0.25, 0.3) is 0 Å². The van der Waals surface area contributed by atoms with Crippen molar-refractivity contribution in [1.29, 1.82) is 0 Å². The van der Waals surface area contributed by atoms with E-state index in [9.17, 15) is 0 Å². The van der Waals surface area contributed by atoms with Crippen molar-refractivity contribution in [3.05, 3.63) is 35.4 Å². The van der Waals surface area contributed by atoms with Gasteiger partial charge >= 0.3 is 0 Å². The zero-order valence-corrected chi connectivity index (χ0v) is 13.4. The van der Waals surface area contributed by atoms with Gasteiger partial charge in [-0.05, 0) is 49.5 Å². The second-order valence-electron chi connectivity index (χ2n) is 6.90. The molecular formula is C17H30N2. The van der Waals surface area contributed by atoms with Crippen LogP contribution in [0.15, 0.2) is 24.3 Å². The van der Waals surface area contributed by atoms with Crippen LogP contribution in [-0.2, 0) is 6.42 Å². The van der Waals surface area contributed by atoms with Crippen LogP contribution in [0.4, 0.5) is 0 Å². The maximum atomic E-state index is 5.95. The summed E-state index contributed by atoms with van der Waals surface area (Å²) >= 11 is 0. The molecule has 1 aromatic rings. The number of rotatable bonds is 6. The highest BCUT2D eigenvalue weighted by Crippen LogP contribution is 2.36. The molecular weight excluding hydrogens is 232 g/mol. The van der Waals surface area contributed by atoms with Gasteiger partial charge < -0.3 is 10.6 Å². The second-order valence-corrected chi connectivity index (χ2v) is 6.90. The van der Waals surface area contributed by atoms with Crippen LogP contribution in [0, 0.1) is 11.3 Å². The molecule has 0 aliphatic rings. The van der Waals surface area contributed by atoms with E-state index in [2.05, 4.69) is 71.0 Å². The Hall–Kier alpha value is -0.860. The van der Waals surface area contributed by atoms with Gasteiger partial charge in [0.2, 0.25) is 0 Å². The first-order valence-corrected chi connectivity index (χ1v) is 7.23. The van der Waals surface area contributed by atoms with Gasteiger partial charge in [0, 0.05) is 6.04 Å². The Kier molecular flexibility index (Phi) is 5.57. The first-order valence-electron chi connectivity index (χ1n) is 7.23. The zero-order chi connectivity index (χ0) is 14.6. The first kappa shape index (κ1) is 16.2. The first-order chi connectivity index (χ1) is 8.77. The third-order valence-electron chi connectivity index (χ3n) is 3.72. The van der Waals surface area contributed by atoms with Gasteiger partial charge in [0.15, 0.2) is 0 Å². The van der Waals surface area contributed by atoms with E-state index in [4.69, 9.17) is 5.73 Å². The summed E-state index contributed by atoms with van der Waals surface area (Å²) in [6, 6.07) is 9.40. The van der Waals surface area contributed by atoms with Crippen LogP contribution in [0.2, 0.25) is 0 Å². The van der Waals surface area contributed by atoms with Crippen molar-refractivity contribution in [1.82, 2.24) is 4.90 Å². The smallest absolute Gasteiger partial charge is 0.0405 e. The van der Waals surface area contributed by atoms with Gasteiger partial charge in [-0.3, -0.25) is 0 Å². The highest BCUT2D eigenvalue weighted by atomic mass is 15.1. The van der Waals surface area contributed by atoms with Crippen LogP contribution in [0.1, 0.15) is 44.9 Å². The summed E-state index contributed by atoms with van der Waals surface area (Å²) in [5.41, 5.74) is 8.80. The van der Waals surface area contributed by atoms with Crippen LogP contribution >= 0.6 is 0 Å². The molecule has 1 aromatic carbocycles. The lowest BCUT2D eigenvalue weighted by atomic mass is 9.79. The third kappa shape index (κ3) is 4.32. The molecule has 0 heterocycles. The highest BCUT2D eigenvalue weighted by molar-refractivity contribution is 5.26. The summed E-state index contributed by atoms with van der Waals surface area (Å²) in [7, 11) is 4.26. The topological polar surface area (TPSA) is 29.3 Å². The third-order valence-corrected chi connectivity index (χ3v) is 3.72. The minimum atomic E-state index is 0.0725. The number of benzene rings is 1. The molecule has 0 aliphatic heterocycles. The number of nitrogens with two attached hydrogens (primary N) is 1. The quantitative estimate of drug-likeness (QED) is 0.850. The largest absolute Gasteiger partial charge is 0.330 e.